The molecule has 1 N–H and O–H groups in total. The summed E-state index contributed by atoms with van der Waals surface area (Å²) in [5.41, 5.74) is 0. The first-order valence-electron chi connectivity index (χ1n) is 2.80. The maximum Gasteiger partial charge on any atom is 0.314 e. The Morgan fingerprint density at radius 1 is 1.90 bits per heavy atom. The molecule has 0 amide bonds. The van der Waals surface area contributed by atoms with Crippen LogP contribution in [0, 0.1) is 0 Å². The number of carboxylic acids is 1. The van der Waals surface area contributed by atoms with Gasteiger partial charge in [0.1, 0.15) is 12.7 Å². The second-order valence-electron chi connectivity index (χ2n) is 1.94. The Morgan fingerprint density at radius 3 is 3.00 bits per heavy atom. The van der Waals surface area contributed by atoms with Gasteiger partial charge in [-0.05, 0) is 10.5 Å². The summed E-state index contributed by atoms with van der Waals surface area (Å²) in [4.78, 5) is 14.1. The van der Waals surface area contributed by atoms with Crippen LogP contribution < -0.4 is 0 Å². The van der Waals surface area contributed by atoms with Crippen molar-refractivity contribution in [2.24, 2.45) is 6.26 Å². The van der Waals surface area contributed by atoms with Crippen LogP contribution in [0.25, 0.3) is 0 Å². The number of rotatable bonds is 2. The molecule has 3 nitrogen and oxygen atoms in total. The molecule has 0 aliphatic carbocycles. The van der Waals surface area contributed by atoms with Gasteiger partial charge in [-0.25, -0.2) is 4.98 Å². The zero-order valence-corrected chi connectivity index (χ0v) is 6.39. The Kier molecular flexibility index (Phi) is 2.01. The number of aryl methyl sites for hydroxylation is 1. The van der Waals surface area contributed by atoms with E-state index in [4.69, 9.17) is 5.11 Å². The van der Waals surface area contributed by atoms with Crippen molar-refractivity contribution in [2.45, 2.75) is 6.42 Å². The van der Waals surface area contributed by atoms with Crippen molar-refractivity contribution in [1.29, 1.82) is 0 Å². The first-order valence-corrected chi connectivity index (χ1v) is 4.49. The lowest BCUT2D eigenvalue weighted by molar-refractivity contribution is -0.136. The van der Waals surface area contributed by atoms with E-state index in [2.05, 4.69) is 4.98 Å². The Bertz CT molecular complexity index is 244. The van der Waals surface area contributed by atoms with Gasteiger partial charge in [-0.1, -0.05) is 0 Å². The SMILES string of the molecule is C[s+]1ccnc1CC(=O)O. The largest absolute Gasteiger partial charge is 0.481 e. The average molecular weight is 158 g/mol. The molecule has 10 heavy (non-hydrogen) atoms. The van der Waals surface area contributed by atoms with Gasteiger partial charge < -0.3 is 5.11 Å². The third-order valence-corrected chi connectivity index (χ3v) is 2.68. The van der Waals surface area contributed by atoms with E-state index in [0.717, 1.165) is 5.01 Å². The molecule has 0 aliphatic heterocycles. The number of carbonyl (C=O) groups is 1. The summed E-state index contributed by atoms with van der Waals surface area (Å²) in [5, 5.41) is 11.1. The molecule has 1 aromatic rings. The van der Waals surface area contributed by atoms with Crippen LogP contribution in [0.2, 0.25) is 0 Å². The van der Waals surface area contributed by atoms with E-state index < -0.39 is 5.97 Å². The lowest BCUT2D eigenvalue weighted by Crippen LogP contribution is -1.99. The standard InChI is InChI=1S/C6H7NO2S/c1-10-3-2-7-5(10)4-6(8)9/h2-3H,4H2,1H3/p+1. The second kappa shape index (κ2) is 2.79. The topological polar surface area (TPSA) is 50.2 Å². The Balaban J connectivity index is 2.74. The third kappa shape index (κ3) is 1.54. The molecule has 0 saturated heterocycles. The number of carboxylic acid groups (broad SMARTS) is 1. The summed E-state index contributed by atoms with van der Waals surface area (Å²) in [6, 6.07) is 0. The van der Waals surface area contributed by atoms with E-state index in [1.54, 1.807) is 6.20 Å². The van der Waals surface area contributed by atoms with E-state index in [1.165, 1.54) is 0 Å². The van der Waals surface area contributed by atoms with E-state index in [0.29, 0.717) is 0 Å². The molecule has 0 fully saturated rings. The van der Waals surface area contributed by atoms with E-state index in [9.17, 15) is 4.79 Å². The van der Waals surface area contributed by atoms with Crippen LogP contribution in [0.4, 0.5) is 0 Å². The molecule has 1 rings (SSSR count). The van der Waals surface area contributed by atoms with E-state index in [-0.39, 0.29) is 16.9 Å². The van der Waals surface area contributed by atoms with Gasteiger partial charge in [-0.3, -0.25) is 4.79 Å². The summed E-state index contributed by atoms with van der Waals surface area (Å²) >= 11 is 0. The Hall–Kier alpha value is -0.900. The predicted octanol–water partition coefficient (Wildman–Crippen LogP) is 0.995. The molecule has 0 spiro atoms. The van der Waals surface area contributed by atoms with Gasteiger partial charge in [0.05, 0.1) is 6.20 Å². The van der Waals surface area contributed by atoms with E-state index in [1.807, 2.05) is 11.6 Å². The molecule has 0 aliphatic rings. The monoisotopic (exact) mass is 158 g/mol. The van der Waals surface area contributed by atoms with Gasteiger partial charge in [0.2, 0.25) is 0 Å². The van der Waals surface area contributed by atoms with Crippen molar-refractivity contribution in [3.8, 4) is 0 Å². The number of nitrogens with zero attached hydrogens (tertiary/aromatic N) is 1. The quantitative estimate of drug-likeness (QED) is 0.653. The maximum atomic E-state index is 10.2. The van der Waals surface area contributed by atoms with Crippen molar-refractivity contribution in [1.82, 2.24) is 4.98 Å². The van der Waals surface area contributed by atoms with Crippen LogP contribution in [-0.4, -0.2) is 16.1 Å². The highest BCUT2D eigenvalue weighted by Crippen LogP contribution is 2.17. The first-order chi connectivity index (χ1) is 4.70. The number of hydrogen-bond acceptors (Lipinski definition) is 2. The number of thiazole rings is 1. The fourth-order valence-electron chi connectivity index (χ4n) is 0.655. The van der Waals surface area contributed by atoms with Gasteiger partial charge >= 0.3 is 5.97 Å². The Labute approximate surface area is 61.3 Å². The zero-order valence-electron chi connectivity index (χ0n) is 5.57. The van der Waals surface area contributed by atoms with Gasteiger partial charge in [-0.2, -0.15) is 0 Å². The van der Waals surface area contributed by atoms with Crippen molar-refractivity contribution < 1.29 is 9.90 Å². The van der Waals surface area contributed by atoms with Crippen LogP contribution in [0.3, 0.4) is 0 Å². The predicted molar refractivity (Wildman–Crippen MR) is 39.0 cm³/mol. The maximum absolute atomic E-state index is 10.2. The molecular weight excluding hydrogens is 150 g/mol. The minimum atomic E-state index is -0.804. The number of hydrogen-bond donors (Lipinski definition) is 1. The Morgan fingerprint density at radius 2 is 2.60 bits per heavy atom. The molecule has 1 heterocycles. The summed E-state index contributed by atoms with van der Waals surface area (Å²) in [6.07, 6.45) is 3.71. The van der Waals surface area contributed by atoms with Gasteiger partial charge in [0.25, 0.3) is 5.01 Å². The smallest absolute Gasteiger partial charge is 0.314 e. The zero-order chi connectivity index (χ0) is 7.56. The average Bonchev–Trinajstić information content (AvgIpc) is 2.15. The van der Waals surface area contributed by atoms with Gasteiger partial charge in [-0.15, -0.1) is 0 Å². The number of aliphatic carboxylic acids is 1. The normalized spacial score (nSPS) is 11.5. The van der Waals surface area contributed by atoms with Crippen LogP contribution in [0.15, 0.2) is 11.6 Å². The molecule has 1 atom stereocenters. The first kappa shape index (κ1) is 7.21. The van der Waals surface area contributed by atoms with Gasteiger partial charge in [0.15, 0.2) is 5.38 Å². The van der Waals surface area contributed by atoms with Crippen molar-refractivity contribution in [3.63, 3.8) is 0 Å². The molecular formula is C6H8NO2S+. The molecule has 54 valence electrons. The number of aromatic nitrogens is 1. The highest BCUT2D eigenvalue weighted by Gasteiger charge is 2.12. The lowest BCUT2D eigenvalue weighted by atomic mass is 10.5. The molecule has 0 aromatic carbocycles. The molecule has 4 heteroatoms. The van der Waals surface area contributed by atoms with Crippen molar-refractivity contribution in [3.05, 3.63) is 16.6 Å². The van der Waals surface area contributed by atoms with E-state index >= 15 is 0 Å². The van der Waals surface area contributed by atoms with Crippen LogP contribution in [0.5, 0.6) is 0 Å². The molecule has 0 bridgehead atoms. The minimum Gasteiger partial charge on any atom is -0.481 e. The van der Waals surface area contributed by atoms with Crippen molar-refractivity contribution >= 4 is 16.4 Å². The summed E-state index contributed by atoms with van der Waals surface area (Å²) in [6.45, 7) is 0. The summed E-state index contributed by atoms with van der Waals surface area (Å²) < 4.78 is 0. The minimum absolute atomic E-state index is 0.0426. The molecule has 0 saturated carbocycles. The van der Waals surface area contributed by atoms with Crippen LogP contribution in [-0.2, 0) is 17.5 Å². The van der Waals surface area contributed by atoms with Crippen LogP contribution in [0.1, 0.15) is 5.01 Å². The summed E-state index contributed by atoms with van der Waals surface area (Å²) in [7, 11) is -0.0426. The molecule has 0 radical (unpaired) electrons. The third-order valence-electron chi connectivity index (χ3n) is 1.16. The fourth-order valence-corrected chi connectivity index (χ4v) is 1.63. The van der Waals surface area contributed by atoms with Gasteiger partial charge in [0, 0.05) is 0 Å². The molecule has 1 unspecified atom stereocenters. The van der Waals surface area contributed by atoms with Crippen molar-refractivity contribution in [2.75, 3.05) is 0 Å². The second-order valence-corrected chi connectivity index (χ2v) is 3.79. The lowest BCUT2D eigenvalue weighted by Gasteiger charge is -1.82. The highest BCUT2D eigenvalue weighted by atomic mass is 32.2. The molecule has 1 aromatic heterocycles. The van der Waals surface area contributed by atoms with Crippen LogP contribution >= 0.6 is 10.5 Å². The summed E-state index contributed by atoms with van der Waals surface area (Å²) in [5.74, 6) is -0.804. The fraction of sp³-hybridized carbons (Fsp3) is 0.333. The highest BCUT2D eigenvalue weighted by molar-refractivity contribution is 7.27.